The molecule has 1 aliphatic rings. The van der Waals surface area contributed by atoms with Gasteiger partial charge in [-0.05, 0) is 12.8 Å². The van der Waals surface area contributed by atoms with Gasteiger partial charge in [-0.15, -0.1) is 0 Å². The second-order valence-electron chi connectivity index (χ2n) is 4.65. The lowest BCUT2D eigenvalue weighted by atomic mass is 10.1. The first-order valence-corrected chi connectivity index (χ1v) is 5.74. The van der Waals surface area contributed by atoms with Gasteiger partial charge in [0.25, 0.3) is 5.56 Å². The largest absolute Gasteiger partial charge is 0.481 e. The van der Waals surface area contributed by atoms with Crippen LogP contribution in [0, 0.1) is 5.41 Å². The number of carboxylic acids is 1. The minimum atomic E-state index is -0.919. The summed E-state index contributed by atoms with van der Waals surface area (Å²) in [6, 6.07) is 1.12. The molecule has 1 amide bonds. The summed E-state index contributed by atoms with van der Waals surface area (Å²) in [5.41, 5.74) is -1.92. The average molecular weight is 267 g/mol. The molecule has 0 saturated heterocycles. The third-order valence-corrected chi connectivity index (χ3v) is 3.10. The fourth-order valence-electron chi connectivity index (χ4n) is 1.74. The van der Waals surface area contributed by atoms with Crippen LogP contribution >= 0.6 is 0 Å². The first-order valence-electron chi connectivity index (χ1n) is 5.74. The summed E-state index contributed by atoms with van der Waals surface area (Å²) >= 11 is 0. The highest BCUT2D eigenvalue weighted by atomic mass is 16.4. The Balaban J connectivity index is 1.93. The quantitative estimate of drug-likeness (QED) is 0.520. The summed E-state index contributed by atoms with van der Waals surface area (Å²) in [7, 11) is 0. The van der Waals surface area contributed by atoms with Gasteiger partial charge in [-0.2, -0.15) is 0 Å². The number of aliphatic carboxylic acids is 1. The van der Waals surface area contributed by atoms with E-state index in [4.69, 9.17) is 5.11 Å². The molecule has 102 valence electrons. The lowest BCUT2D eigenvalue weighted by molar-refractivity contribution is -0.143. The minimum absolute atomic E-state index is 0.0641. The van der Waals surface area contributed by atoms with E-state index in [1.165, 1.54) is 0 Å². The molecule has 1 fully saturated rings. The zero-order valence-corrected chi connectivity index (χ0v) is 9.99. The van der Waals surface area contributed by atoms with Crippen molar-refractivity contribution in [2.45, 2.75) is 19.3 Å². The third kappa shape index (κ3) is 3.09. The number of carbonyl (C=O) groups excluding carboxylic acids is 1. The molecule has 4 N–H and O–H groups in total. The van der Waals surface area contributed by atoms with Crippen molar-refractivity contribution < 1.29 is 14.7 Å². The molecule has 1 aliphatic carbocycles. The first kappa shape index (κ1) is 13.1. The topological polar surface area (TPSA) is 132 Å². The van der Waals surface area contributed by atoms with Gasteiger partial charge in [-0.1, -0.05) is 0 Å². The van der Waals surface area contributed by atoms with Crippen LogP contribution in [0.15, 0.2) is 15.7 Å². The molecule has 1 aromatic heterocycles. The molecular formula is C11H13N3O5. The minimum Gasteiger partial charge on any atom is -0.481 e. The van der Waals surface area contributed by atoms with Crippen molar-refractivity contribution >= 4 is 11.9 Å². The van der Waals surface area contributed by atoms with Crippen LogP contribution in [0.4, 0.5) is 0 Å². The summed E-state index contributed by atoms with van der Waals surface area (Å²) in [4.78, 5) is 48.8. The predicted molar refractivity (Wildman–Crippen MR) is 63.7 cm³/mol. The molecule has 0 aromatic carbocycles. The number of rotatable bonds is 5. The molecule has 0 aliphatic heterocycles. The summed E-state index contributed by atoms with van der Waals surface area (Å²) in [5, 5.41) is 11.4. The Labute approximate surface area is 106 Å². The van der Waals surface area contributed by atoms with E-state index in [9.17, 15) is 19.2 Å². The summed E-state index contributed by atoms with van der Waals surface area (Å²) in [6.07, 6.45) is 0.920. The number of H-pyrrole nitrogens is 2. The first-order chi connectivity index (χ1) is 8.91. The molecule has 0 atom stereocenters. The number of hydrogen-bond acceptors (Lipinski definition) is 4. The van der Waals surface area contributed by atoms with E-state index < -0.39 is 28.5 Å². The van der Waals surface area contributed by atoms with Crippen LogP contribution in [0.5, 0.6) is 0 Å². The van der Waals surface area contributed by atoms with Crippen LogP contribution in [0.3, 0.4) is 0 Å². The fourth-order valence-corrected chi connectivity index (χ4v) is 1.74. The zero-order chi connectivity index (χ0) is 14.0. The Morgan fingerprint density at radius 3 is 2.53 bits per heavy atom. The Bertz CT molecular complexity index is 597. The van der Waals surface area contributed by atoms with E-state index in [-0.39, 0.29) is 18.7 Å². The van der Waals surface area contributed by atoms with Crippen molar-refractivity contribution in [3.05, 3.63) is 32.6 Å². The van der Waals surface area contributed by atoms with Crippen LogP contribution in [-0.4, -0.2) is 33.5 Å². The van der Waals surface area contributed by atoms with Crippen LogP contribution < -0.4 is 16.6 Å². The van der Waals surface area contributed by atoms with Crippen LogP contribution in [0.25, 0.3) is 0 Å². The Morgan fingerprint density at radius 1 is 1.32 bits per heavy atom. The smallest absolute Gasteiger partial charge is 0.325 e. The van der Waals surface area contributed by atoms with Gasteiger partial charge in [0.1, 0.15) is 0 Å². The van der Waals surface area contributed by atoms with Gasteiger partial charge in [0.15, 0.2) is 0 Å². The maximum atomic E-state index is 11.6. The lowest BCUT2D eigenvalue weighted by Crippen LogP contribution is -2.35. The van der Waals surface area contributed by atoms with Gasteiger partial charge >= 0.3 is 11.7 Å². The molecule has 2 rings (SSSR count). The van der Waals surface area contributed by atoms with E-state index in [2.05, 4.69) is 10.3 Å². The van der Waals surface area contributed by atoms with Crippen molar-refractivity contribution in [3.63, 3.8) is 0 Å². The highest BCUT2D eigenvalue weighted by Crippen LogP contribution is 2.45. The van der Waals surface area contributed by atoms with Crippen molar-refractivity contribution in [2.75, 3.05) is 6.54 Å². The summed E-state index contributed by atoms with van der Waals surface area (Å²) in [5.74, 6) is -1.36. The molecule has 8 heteroatoms. The molecule has 8 nitrogen and oxygen atoms in total. The maximum absolute atomic E-state index is 11.6. The zero-order valence-electron chi connectivity index (χ0n) is 9.99. The molecule has 1 heterocycles. The second kappa shape index (κ2) is 4.71. The number of aromatic nitrogens is 2. The number of carbonyl (C=O) groups is 2. The summed E-state index contributed by atoms with van der Waals surface area (Å²) in [6.45, 7) is 0.0641. The molecule has 1 saturated carbocycles. The van der Waals surface area contributed by atoms with Crippen molar-refractivity contribution in [1.29, 1.82) is 0 Å². The monoisotopic (exact) mass is 267 g/mol. The van der Waals surface area contributed by atoms with Gasteiger partial charge in [0.2, 0.25) is 5.91 Å². The molecular weight excluding hydrogens is 254 g/mol. The highest BCUT2D eigenvalue weighted by Gasteiger charge is 2.50. The predicted octanol–water partition coefficient (Wildman–Crippen LogP) is -1.41. The number of amides is 1. The van der Waals surface area contributed by atoms with E-state index in [0.717, 1.165) is 6.07 Å². The van der Waals surface area contributed by atoms with Gasteiger partial charge in [-0.25, -0.2) is 4.79 Å². The van der Waals surface area contributed by atoms with Gasteiger partial charge in [0.05, 0.1) is 11.8 Å². The number of carboxylic acid groups (broad SMARTS) is 1. The standard InChI is InChI=1S/C11H13N3O5/c15-7(12-5-11(1-2-11)9(17)18)3-6-4-8(16)14-10(19)13-6/h4H,1-3,5H2,(H,12,15)(H,17,18)(H2,13,14,16,19). The number of aromatic amines is 2. The van der Waals surface area contributed by atoms with Crippen molar-refractivity contribution in [3.8, 4) is 0 Å². The maximum Gasteiger partial charge on any atom is 0.325 e. The molecule has 19 heavy (non-hydrogen) atoms. The number of hydrogen-bond donors (Lipinski definition) is 4. The molecule has 0 spiro atoms. The van der Waals surface area contributed by atoms with Crippen LogP contribution in [0.1, 0.15) is 18.5 Å². The Hall–Kier alpha value is -2.38. The van der Waals surface area contributed by atoms with Gasteiger partial charge in [0, 0.05) is 18.3 Å². The van der Waals surface area contributed by atoms with Gasteiger partial charge in [-0.3, -0.25) is 19.4 Å². The molecule has 0 unspecified atom stereocenters. The highest BCUT2D eigenvalue weighted by molar-refractivity contribution is 5.81. The Morgan fingerprint density at radius 2 is 2.00 bits per heavy atom. The van der Waals surface area contributed by atoms with Crippen molar-refractivity contribution in [1.82, 2.24) is 15.3 Å². The molecule has 0 radical (unpaired) electrons. The Kier molecular flexibility index (Phi) is 3.24. The average Bonchev–Trinajstić information content (AvgIpc) is 3.05. The van der Waals surface area contributed by atoms with E-state index >= 15 is 0 Å². The SMILES string of the molecule is O=C(Cc1cc(=O)[nH]c(=O)[nH]1)NCC1(C(=O)O)CC1. The number of nitrogens with one attached hydrogen (secondary N) is 3. The van der Waals surface area contributed by atoms with Gasteiger partial charge < -0.3 is 15.4 Å². The van der Waals surface area contributed by atoms with Crippen LogP contribution in [0.2, 0.25) is 0 Å². The van der Waals surface area contributed by atoms with E-state index in [0.29, 0.717) is 12.8 Å². The van der Waals surface area contributed by atoms with E-state index in [1.54, 1.807) is 0 Å². The normalized spacial score (nSPS) is 15.8. The van der Waals surface area contributed by atoms with Crippen molar-refractivity contribution in [2.24, 2.45) is 5.41 Å². The molecule has 0 bridgehead atoms. The third-order valence-electron chi connectivity index (χ3n) is 3.10. The molecule has 1 aromatic rings. The van der Waals surface area contributed by atoms with E-state index in [1.807, 2.05) is 4.98 Å². The lowest BCUT2D eigenvalue weighted by Gasteiger charge is -2.10. The van der Waals surface area contributed by atoms with Crippen LogP contribution in [-0.2, 0) is 16.0 Å². The summed E-state index contributed by atoms with van der Waals surface area (Å²) < 4.78 is 0. The fraction of sp³-hybridized carbons (Fsp3) is 0.455. The second-order valence-corrected chi connectivity index (χ2v) is 4.65.